The Balaban J connectivity index is 1.78. The van der Waals surface area contributed by atoms with Gasteiger partial charge in [0.15, 0.2) is 0 Å². The summed E-state index contributed by atoms with van der Waals surface area (Å²) in [5.74, 6) is 1.78. The molecule has 4 nitrogen and oxygen atoms in total. The van der Waals surface area contributed by atoms with Crippen molar-refractivity contribution in [3.05, 3.63) is 66.4 Å². The molecule has 0 amide bonds. The van der Waals surface area contributed by atoms with Crippen LogP contribution in [0, 0.1) is 0 Å². The molecule has 1 aliphatic heterocycles. The lowest BCUT2D eigenvalue weighted by molar-refractivity contribution is 0.306. The first-order valence-corrected chi connectivity index (χ1v) is 7.28. The fraction of sp³-hybridized carbons (Fsp3) is 0.222. The van der Waals surface area contributed by atoms with Crippen LogP contribution in [-0.2, 0) is 6.54 Å². The number of para-hydroxylation sites is 1. The average molecular weight is 296 g/mol. The third kappa shape index (κ3) is 2.92. The molecule has 0 unspecified atom stereocenters. The minimum atomic E-state index is 0.795. The Kier molecular flexibility index (Phi) is 4.30. The van der Waals surface area contributed by atoms with E-state index in [0.717, 1.165) is 30.3 Å². The zero-order valence-corrected chi connectivity index (χ0v) is 12.9. The maximum Gasteiger partial charge on any atom is 0.123 e. The predicted molar refractivity (Wildman–Crippen MR) is 88.0 cm³/mol. The number of hydrogen-bond acceptors (Lipinski definition) is 4. The number of ether oxygens (including phenoxy) is 2. The van der Waals surface area contributed by atoms with Gasteiger partial charge in [0, 0.05) is 24.9 Å². The highest BCUT2D eigenvalue weighted by atomic mass is 16.5. The molecule has 0 spiro atoms. The molecule has 0 fully saturated rings. The van der Waals surface area contributed by atoms with Gasteiger partial charge in [-0.15, -0.1) is 0 Å². The number of rotatable bonds is 5. The van der Waals surface area contributed by atoms with Crippen LogP contribution in [0.3, 0.4) is 0 Å². The van der Waals surface area contributed by atoms with Crippen LogP contribution in [0.1, 0.15) is 5.56 Å². The van der Waals surface area contributed by atoms with Gasteiger partial charge < -0.3 is 9.47 Å². The van der Waals surface area contributed by atoms with Crippen LogP contribution >= 0.6 is 0 Å². The van der Waals surface area contributed by atoms with Gasteiger partial charge in [0.1, 0.15) is 11.5 Å². The van der Waals surface area contributed by atoms with Gasteiger partial charge in [-0.2, -0.15) is 0 Å². The van der Waals surface area contributed by atoms with Crippen molar-refractivity contribution < 1.29 is 9.47 Å². The standard InChI is InChI=1S/C18H20N2O2/c1-21-17-10-8-16(9-11-17)20-13-5-12-19(20)14-15-6-3-4-7-18(15)22-2/h3-11,13H,12,14H2,1-2H3. The van der Waals surface area contributed by atoms with Crippen LogP contribution in [0.4, 0.5) is 5.69 Å². The lowest BCUT2D eigenvalue weighted by atomic mass is 10.2. The highest BCUT2D eigenvalue weighted by Crippen LogP contribution is 2.27. The number of anilines is 1. The maximum atomic E-state index is 5.44. The van der Waals surface area contributed by atoms with E-state index in [-0.39, 0.29) is 0 Å². The number of hydrazine groups is 1. The highest BCUT2D eigenvalue weighted by molar-refractivity contribution is 5.51. The van der Waals surface area contributed by atoms with E-state index in [0.29, 0.717) is 0 Å². The summed E-state index contributed by atoms with van der Waals surface area (Å²) in [7, 11) is 3.39. The first kappa shape index (κ1) is 14.5. The molecule has 0 saturated heterocycles. The summed E-state index contributed by atoms with van der Waals surface area (Å²) >= 11 is 0. The molecule has 3 rings (SSSR count). The number of nitrogens with zero attached hydrogens (tertiary/aromatic N) is 2. The lowest BCUT2D eigenvalue weighted by Gasteiger charge is -2.29. The summed E-state index contributed by atoms with van der Waals surface area (Å²) in [6.45, 7) is 1.67. The summed E-state index contributed by atoms with van der Waals surface area (Å²) in [6, 6.07) is 16.2. The Morgan fingerprint density at radius 2 is 1.73 bits per heavy atom. The second-order valence-corrected chi connectivity index (χ2v) is 5.09. The van der Waals surface area contributed by atoms with Gasteiger partial charge in [0.25, 0.3) is 0 Å². The molecule has 0 saturated carbocycles. The van der Waals surface area contributed by atoms with E-state index in [1.54, 1.807) is 14.2 Å². The Morgan fingerprint density at radius 1 is 0.955 bits per heavy atom. The van der Waals surface area contributed by atoms with Gasteiger partial charge in [-0.05, 0) is 30.3 Å². The zero-order valence-electron chi connectivity index (χ0n) is 12.9. The smallest absolute Gasteiger partial charge is 0.123 e. The average Bonchev–Trinajstić information content (AvgIpc) is 3.03. The van der Waals surface area contributed by atoms with Crippen molar-refractivity contribution >= 4 is 5.69 Å². The SMILES string of the molecule is COc1ccc(N2C=CCN2Cc2ccccc2OC)cc1. The van der Waals surface area contributed by atoms with E-state index >= 15 is 0 Å². The normalized spacial score (nSPS) is 14.4. The van der Waals surface area contributed by atoms with Gasteiger partial charge in [-0.1, -0.05) is 24.3 Å². The molecule has 2 aromatic carbocycles. The zero-order chi connectivity index (χ0) is 15.4. The number of hydrogen-bond donors (Lipinski definition) is 0. The molecule has 0 bridgehead atoms. The van der Waals surface area contributed by atoms with Crippen molar-refractivity contribution in [3.8, 4) is 11.5 Å². The van der Waals surface area contributed by atoms with Crippen LogP contribution in [0.15, 0.2) is 60.8 Å². The Bertz CT molecular complexity index is 652. The van der Waals surface area contributed by atoms with Crippen LogP contribution < -0.4 is 14.5 Å². The van der Waals surface area contributed by atoms with Crippen molar-refractivity contribution in [2.24, 2.45) is 0 Å². The highest BCUT2D eigenvalue weighted by Gasteiger charge is 2.19. The molecule has 2 aromatic rings. The first-order valence-electron chi connectivity index (χ1n) is 7.28. The largest absolute Gasteiger partial charge is 0.497 e. The monoisotopic (exact) mass is 296 g/mol. The number of benzene rings is 2. The van der Waals surface area contributed by atoms with Crippen LogP contribution in [0.2, 0.25) is 0 Å². The van der Waals surface area contributed by atoms with E-state index in [4.69, 9.17) is 9.47 Å². The lowest BCUT2D eigenvalue weighted by Crippen LogP contribution is -2.34. The maximum absolute atomic E-state index is 5.44. The van der Waals surface area contributed by atoms with E-state index in [1.807, 2.05) is 30.3 Å². The molecule has 0 radical (unpaired) electrons. The van der Waals surface area contributed by atoms with E-state index in [1.165, 1.54) is 5.56 Å². The molecule has 0 N–H and O–H groups in total. The fourth-order valence-corrected chi connectivity index (χ4v) is 2.61. The molecule has 4 heteroatoms. The molecule has 114 valence electrons. The summed E-state index contributed by atoms with van der Waals surface area (Å²) in [5, 5.41) is 4.42. The summed E-state index contributed by atoms with van der Waals surface area (Å²) in [5.41, 5.74) is 2.29. The second kappa shape index (κ2) is 6.54. The molecule has 0 aromatic heterocycles. The van der Waals surface area contributed by atoms with E-state index < -0.39 is 0 Å². The fourth-order valence-electron chi connectivity index (χ4n) is 2.61. The van der Waals surface area contributed by atoms with Gasteiger partial charge >= 0.3 is 0 Å². The van der Waals surface area contributed by atoms with Crippen molar-refractivity contribution in [2.45, 2.75) is 6.54 Å². The van der Waals surface area contributed by atoms with Gasteiger partial charge in [-0.3, -0.25) is 5.01 Å². The van der Waals surface area contributed by atoms with Crippen LogP contribution in [0.5, 0.6) is 11.5 Å². The third-order valence-corrected chi connectivity index (χ3v) is 3.75. The van der Waals surface area contributed by atoms with E-state index in [2.05, 4.69) is 40.5 Å². The van der Waals surface area contributed by atoms with Gasteiger partial charge in [0.2, 0.25) is 0 Å². The number of methoxy groups -OCH3 is 2. The first-order chi connectivity index (χ1) is 10.8. The second-order valence-electron chi connectivity index (χ2n) is 5.09. The molecule has 22 heavy (non-hydrogen) atoms. The van der Waals surface area contributed by atoms with Gasteiger partial charge in [-0.25, -0.2) is 5.01 Å². The molecular weight excluding hydrogens is 276 g/mol. The summed E-state index contributed by atoms with van der Waals surface area (Å²) < 4.78 is 10.7. The quantitative estimate of drug-likeness (QED) is 0.843. The minimum Gasteiger partial charge on any atom is -0.497 e. The van der Waals surface area contributed by atoms with Crippen molar-refractivity contribution in [3.63, 3.8) is 0 Å². The van der Waals surface area contributed by atoms with Crippen molar-refractivity contribution in [1.29, 1.82) is 0 Å². The summed E-state index contributed by atoms with van der Waals surface area (Å²) in [4.78, 5) is 0. The molecule has 1 aliphatic rings. The van der Waals surface area contributed by atoms with Crippen LogP contribution in [-0.4, -0.2) is 25.8 Å². The van der Waals surface area contributed by atoms with Gasteiger partial charge in [0.05, 0.1) is 19.9 Å². The van der Waals surface area contributed by atoms with Crippen molar-refractivity contribution in [2.75, 3.05) is 25.8 Å². The third-order valence-electron chi connectivity index (χ3n) is 3.75. The topological polar surface area (TPSA) is 24.9 Å². The molecule has 0 aliphatic carbocycles. The van der Waals surface area contributed by atoms with E-state index in [9.17, 15) is 0 Å². The Morgan fingerprint density at radius 3 is 2.45 bits per heavy atom. The summed E-state index contributed by atoms with van der Waals surface area (Å²) in [6.07, 6.45) is 4.25. The Labute approximate surface area is 131 Å². The molecular formula is C18H20N2O2. The minimum absolute atomic E-state index is 0.795. The Hall–Kier alpha value is -2.46. The molecule has 1 heterocycles. The molecule has 0 atom stereocenters. The van der Waals surface area contributed by atoms with Crippen LogP contribution in [0.25, 0.3) is 0 Å². The predicted octanol–water partition coefficient (Wildman–Crippen LogP) is 3.45. The van der Waals surface area contributed by atoms with Crippen molar-refractivity contribution in [1.82, 2.24) is 5.01 Å².